The van der Waals surface area contributed by atoms with Crippen LogP contribution in [0.4, 0.5) is 27.8 Å². The first-order valence-electron chi connectivity index (χ1n) is 17.5. The zero-order valence-electron chi connectivity index (χ0n) is 30.1. The summed E-state index contributed by atoms with van der Waals surface area (Å²) in [7, 11) is -7.22. The molecule has 2 fully saturated rings. The molecule has 0 unspecified atom stereocenters. The van der Waals surface area contributed by atoms with Crippen molar-refractivity contribution < 1.29 is 34.4 Å². The molecule has 2 aliphatic rings. The van der Waals surface area contributed by atoms with Crippen LogP contribution in [0.5, 0.6) is 0 Å². The molecular formula is C38H32Cl2F4N6O4S4. The molecule has 4 aromatic carbocycles. The van der Waals surface area contributed by atoms with Gasteiger partial charge in [0.1, 0.15) is 11.6 Å². The van der Waals surface area contributed by atoms with E-state index < -0.39 is 43.3 Å². The highest BCUT2D eigenvalue weighted by Crippen LogP contribution is 2.32. The van der Waals surface area contributed by atoms with Crippen LogP contribution in [-0.4, -0.2) is 87.8 Å². The van der Waals surface area contributed by atoms with Gasteiger partial charge in [-0.3, -0.25) is 0 Å². The van der Waals surface area contributed by atoms with E-state index >= 15 is 0 Å². The van der Waals surface area contributed by atoms with Crippen molar-refractivity contribution in [2.75, 3.05) is 62.2 Å². The van der Waals surface area contributed by atoms with Crippen molar-refractivity contribution in [2.45, 2.75) is 9.79 Å². The number of aromatic nitrogens is 2. The molecule has 0 bridgehead atoms. The minimum Gasteiger partial charge on any atom is -0.345 e. The SMILES string of the molecule is O=S(=O)(c1cccc(Cl)c1)N1CCN(c2nc(-c3cc(F)cc(F)c3)cs2)CC1.O=S(=O)(c1cccc(Cl)c1)N1CCN(c2nc(-c3ccc(F)c(F)c3)cs2)CC1. The van der Waals surface area contributed by atoms with E-state index in [-0.39, 0.29) is 9.79 Å². The number of halogens is 6. The van der Waals surface area contributed by atoms with Gasteiger partial charge in [-0.2, -0.15) is 8.61 Å². The lowest BCUT2D eigenvalue weighted by Crippen LogP contribution is -2.48. The van der Waals surface area contributed by atoms with Crippen molar-refractivity contribution >= 4 is 76.2 Å². The largest absolute Gasteiger partial charge is 0.345 e. The van der Waals surface area contributed by atoms with Crippen molar-refractivity contribution in [3.05, 3.63) is 129 Å². The summed E-state index contributed by atoms with van der Waals surface area (Å²) in [6.45, 7) is 3.12. The monoisotopic (exact) mass is 910 g/mol. The smallest absolute Gasteiger partial charge is 0.243 e. The van der Waals surface area contributed by atoms with Crippen LogP contribution in [0.2, 0.25) is 10.0 Å². The molecule has 0 saturated carbocycles. The number of sulfonamides is 2. The highest BCUT2D eigenvalue weighted by Gasteiger charge is 2.31. The van der Waals surface area contributed by atoms with Crippen molar-refractivity contribution in [2.24, 2.45) is 0 Å². The summed E-state index contributed by atoms with van der Waals surface area (Å²) in [5.74, 6) is -3.14. The molecule has 0 aliphatic carbocycles. The number of hydrogen-bond donors (Lipinski definition) is 0. The molecule has 0 N–H and O–H groups in total. The second-order valence-corrected chi connectivity index (χ2v) is 19.4. The maximum absolute atomic E-state index is 13.5. The molecule has 0 amide bonds. The zero-order chi connectivity index (χ0) is 41.2. The molecule has 304 valence electrons. The highest BCUT2D eigenvalue weighted by atomic mass is 35.5. The van der Waals surface area contributed by atoms with Gasteiger partial charge in [-0.25, -0.2) is 44.4 Å². The van der Waals surface area contributed by atoms with Gasteiger partial charge < -0.3 is 9.80 Å². The van der Waals surface area contributed by atoms with Crippen LogP contribution >= 0.6 is 45.9 Å². The molecule has 58 heavy (non-hydrogen) atoms. The van der Waals surface area contributed by atoms with Gasteiger partial charge >= 0.3 is 0 Å². The summed E-state index contributed by atoms with van der Waals surface area (Å²) >= 11 is 14.6. The van der Waals surface area contributed by atoms with E-state index in [1.54, 1.807) is 35.0 Å². The molecule has 8 rings (SSSR count). The van der Waals surface area contributed by atoms with Crippen LogP contribution in [0.25, 0.3) is 22.5 Å². The zero-order valence-corrected chi connectivity index (χ0v) is 34.9. The lowest BCUT2D eigenvalue weighted by molar-refractivity contribution is 0.384. The summed E-state index contributed by atoms with van der Waals surface area (Å²) < 4.78 is 108. The summed E-state index contributed by atoms with van der Waals surface area (Å²) in [6.07, 6.45) is 0. The Kier molecular flexibility index (Phi) is 12.7. The second-order valence-electron chi connectivity index (χ2n) is 13.0. The van der Waals surface area contributed by atoms with Crippen molar-refractivity contribution in [1.29, 1.82) is 0 Å². The number of benzene rings is 4. The van der Waals surface area contributed by atoms with E-state index in [4.69, 9.17) is 23.2 Å². The molecule has 6 aromatic rings. The van der Waals surface area contributed by atoms with Crippen LogP contribution in [-0.2, 0) is 20.0 Å². The third-order valence-corrected chi connectivity index (χ3v) is 15.3. The minimum absolute atomic E-state index is 0.170. The Bertz CT molecular complexity index is 2630. The van der Waals surface area contributed by atoms with E-state index in [9.17, 15) is 34.4 Å². The first-order chi connectivity index (χ1) is 27.7. The standard InChI is InChI=1S/2C19H16ClF2N3O2S2/c20-14-2-1-3-17(10-14)29(26,27)25-6-4-24(5-7-25)19-23-18(12-28-19)13-8-15(21)11-16(22)9-13;20-14-2-1-3-15(11-14)29(26,27)25-8-6-24(7-9-25)19-23-18(12-28-19)13-4-5-16(21)17(22)10-13/h1-3,8-12H,4-7H2;1-5,10-12H,6-9H2. The average Bonchev–Trinajstić information content (AvgIpc) is 3.91. The number of piperazine rings is 2. The minimum atomic E-state index is -3.62. The van der Waals surface area contributed by atoms with Gasteiger partial charge in [0.2, 0.25) is 20.0 Å². The van der Waals surface area contributed by atoms with Gasteiger partial charge in [0.15, 0.2) is 21.9 Å². The molecule has 4 heterocycles. The lowest BCUT2D eigenvalue weighted by Gasteiger charge is -2.33. The van der Waals surface area contributed by atoms with Crippen LogP contribution in [0.15, 0.2) is 105 Å². The normalized spacial score (nSPS) is 15.6. The number of thiazole rings is 2. The van der Waals surface area contributed by atoms with Crippen molar-refractivity contribution in [3.63, 3.8) is 0 Å². The Balaban J connectivity index is 0.000000177. The molecule has 2 aromatic heterocycles. The molecule has 0 atom stereocenters. The Morgan fingerprint density at radius 3 is 1.40 bits per heavy atom. The third-order valence-electron chi connectivity index (χ3n) is 9.24. The molecule has 10 nitrogen and oxygen atoms in total. The van der Waals surface area contributed by atoms with Crippen LogP contribution in [0.3, 0.4) is 0 Å². The lowest BCUT2D eigenvalue weighted by atomic mass is 10.1. The van der Waals surface area contributed by atoms with Crippen molar-refractivity contribution in [1.82, 2.24) is 18.6 Å². The van der Waals surface area contributed by atoms with E-state index in [0.717, 1.165) is 18.2 Å². The maximum atomic E-state index is 13.5. The molecule has 0 spiro atoms. The average molecular weight is 912 g/mol. The molecule has 0 radical (unpaired) electrons. The number of nitrogens with zero attached hydrogens (tertiary/aromatic N) is 6. The first kappa shape index (κ1) is 42.0. The van der Waals surface area contributed by atoms with Crippen LogP contribution in [0, 0.1) is 23.3 Å². The first-order valence-corrected chi connectivity index (χ1v) is 22.9. The number of rotatable bonds is 8. The fraction of sp³-hybridized carbons (Fsp3) is 0.211. The predicted molar refractivity (Wildman–Crippen MR) is 220 cm³/mol. The predicted octanol–water partition coefficient (Wildman–Crippen LogP) is 8.51. The van der Waals surface area contributed by atoms with Gasteiger partial charge in [-0.15, -0.1) is 22.7 Å². The Labute approximate surface area is 350 Å². The Morgan fingerprint density at radius 2 is 0.966 bits per heavy atom. The Hall–Kier alpha value is -4.14. The van der Waals surface area contributed by atoms with E-state index in [0.29, 0.717) is 95.2 Å². The van der Waals surface area contributed by atoms with Crippen LogP contribution < -0.4 is 9.80 Å². The highest BCUT2D eigenvalue weighted by molar-refractivity contribution is 7.89. The molecule has 2 aliphatic heterocycles. The van der Waals surface area contributed by atoms with Crippen molar-refractivity contribution in [3.8, 4) is 22.5 Å². The maximum Gasteiger partial charge on any atom is 0.243 e. The van der Waals surface area contributed by atoms with E-state index in [1.807, 2.05) is 9.80 Å². The molecule has 2 saturated heterocycles. The van der Waals surface area contributed by atoms with E-state index in [2.05, 4.69) is 9.97 Å². The second kappa shape index (κ2) is 17.6. The number of hydrogen-bond acceptors (Lipinski definition) is 10. The fourth-order valence-corrected chi connectivity index (χ4v) is 11.5. The van der Waals surface area contributed by atoms with E-state index in [1.165, 1.54) is 73.7 Å². The van der Waals surface area contributed by atoms with Crippen LogP contribution in [0.1, 0.15) is 0 Å². The summed E-state index contributed by atoms with van der Waals surface area (Å²) in [4.78, 5) is 13.3. The fourth-order valence-electron chi connectivity index (χ4n) is 6.23. The summed E-state index contributed by atoms with van der Waals surface area (Å²) in [5.41, 5.74) is 1.90. The summed E-state index contributed by atoms with van der Waals surface area (Å²) in [6, 6.07) is 19.4. The Morgan fingerprint density at radius 1 is 0.517 bits per heavy atom. The van der Waals surface area contributed by atoms with Gasteiger partial charge in [0.25, 0.3) is 0 Å². The molecule has 20 heteroatoms. The van der Waals surface area contributed by atoms with Gasteiger partial charge in [-0.1, -0.05) is 35.3 Å². The van der Waals surface area contributed by atoms with Gasteiger partial charge in [0, 0.05) is 90.4 Å². The number of anilines is 2. The van der Waals surface area contributed by atoms with Gasteiger partial charge in [0.05, 0.1) is 21.2 Å². The topological polar surface area (TPSA) is 107 Å². The quantitative estimate of drug-likeness (QED) is 0.140. The third kappa shape index (κ3) is 9.50. The molecular weight excluding hydrogens is 880 g/mol. The van der Waals surface area contributed by atoms with Gasteiger partial charge in [-0.05, 0) is 66.7 Å². The summed E-state index contributed by atoms with van der Waals surface area (Å²) in [5, 5.41) is 5.65.